The number of hydrogen-bond donors (Lipinski definition) is 1. The number of halogens is 1. The number of carbonyl (C=O) groups excluding carboxylic acids is 1. The Morgan fingerprint density at radius 1 is 1.13 bits per heavy atom. The first-order valence-electron chi connectivity index (χ1n) is 16.0. The van der Waals surface area contributed by atoms with E-state index in [1.54, 1.807) is 12.1 Å². The average Bonchev–Trinajstić information content (AvgIpc) is 3.44. The maximum absolute atomic E-state index is 14.2. The summed E-state index contributed by atoms with van der Waals surface area (Å²) in [5.41, 5.74) is 0.925. The molecular weight excluding hydrogens is 614 g/mol. The number of hydrogen-bond acceptors (Lipinski definition) is 9. The minimum atomic E-state index is -3.91. The number of piperazine rings is 1. The van der Waals surface area contributed by atoms with Gasteiger partial charge in [-0.05, 0) is 78.0 Å². The Morgan fingerprint density at radius 2 is 1.82 bits per heavy atom. The second kappa shape index (κ2) is 12.1. The third-order valence-electron chi connectivity index (χ3n) is 9.82. The van der Waals surface area contributed by atoms with Crippen molar-refractivity contribution in [3.05, 3.63) is 35.0 Å². The van der Waals surface area contributed by atoms with Crippen molar-refractivity contribution in [3.63, 3.8) is 0 Å². The van der Waals surface area contributed by atoms with Crippen LogP contribution in [0, 0.1) is 18.3 Å². The van der Waals surface area contributed by atoms with Gasteiger partial charge >= 0.3 is 0 Å². The molecule has 0 unspecified atom stereocenters. The molecule has 0 radical (unpaired) electrons. The summed E-state index contributed by atoms with van der Waals surface area (Å²) in [5.74, 6) is 0.384. The number of nitrogens with zero attached hydrogens (tertiary/aromatic N) is 6. The van der Waals surface area contributed by atoms with Crippen LogP contribution >= 0.6 is 11.6 Å². The molecule has 4 heterocycles. The Labute approximate surface area is 271 Å². The first-order chi connectivity index (χ1) is 21.3. The number of nitrogens with one attached hydrogen (secondary N) is 1. The summed E-state index contributed by atoms with van der Waals surface area (Å²) in [6.45, 7) is 13.4. The van der Waals surface area contributed by atoms with Gasteiger partial charge in [0.25, 0.3) is 0 Å². The molecule has 4 fully saturated rings. The Bertz CT molecular complexity index is 1580. The zero-order valence-electron chi connectivity index (χ0n) is 26.6. The normalized spacial score (nSPS) is 24.4. The van der Waals surface area contributed by atoms with Crippen LogP contribution in [0.15, 0.2) is 29.2 Å². The second-order valence-corrected chi connectivity index (χ2v) is 16.5. The van der Waals surface area contributed by atoms with Gasteiger partial charge < -0.3 is 19.9 Å². The van der Waals surface area contributed by atoms with Gasteiger partial charge in [0.15, 0.2) is 9.84 Å². The summed E-state index contributed by atoms with van der Waals surface area (Å²) in [6.07, 6.45) is 2.84. The first kappa shape index (κ1) is 32.1. The van der Waals surface area contributed by atoms with E-state index in [1.807, 2.05) is 28.6 Å². The van der Waals surface area contributed by atoms with Crippen LogP contribution in [-0.2, 0) is 19.4 Å². The van der Waals surface area contributed by atoms with Crippen LogP contribution in [0.2, 0.25) is 5.02 Å². The van der Waals surface area contributed by atoms with Crippen molar-refractivity contribution in [1.29, 1.82) is 5.26 Å². The molecule has 2 atom stereocenters. The molecule has 0 spiro atoms. The highest BCUT2D eigenvalue weighted by atomic mass is 35.5. The lowest BCUT2D eigenvalue weighted by Crippen LogP contribution is -2.53. The molecule has 6 rings (SSSR count). The van der Waals surface area contributed by atoms with Crippen LogP contribution in [0.25, 0.3) is 0 Å². The summed E-state index contributed by atoms with van der Waals surface area (Å²) in [7, 11) is -3.91. The average molecular weight is 658 g/mol. The molecule has 2 aromatic rings. The number of anilines is 2. The number of rotatable bonds is 7. The number of nitriles is 1. The predicted molar refractivity (Wildman–Crippen MR) is 173 cm³/mol. The summed E-state index contributed by atoms with van der Waals surface area (Å²) < 4.78 is 36.0. The van der Waals surface area contributed by atoms with E-state index in [0.29, 0.717) is 26.1 Å². The van der Waals surface area contributed by atoms with Gasteiger partial charge in [-0.15, -0.1) is 0 Å². The van der Waals surface area contributed by atoms with Crippen molar-refractivity contribution in [1.82, 2.24) is 20.0 Å². The molecule has 13 heteroatoms. The number of aryl methyl sites for hydroxylation is 1. The number of benzene rings is 1. The number of amides is 1. The van der Waals surface area contributed by atoms with Gasteiger partial charge in [-0.2, -0.15) is 10.4 Å². The van der Waals surface area contributed by atoms with Crippen LogP contribution in [-0.4, -0.2) is 97.3 Å². The van der Waals surface area contributed by atoms with E-state index in [1.165, 1.54) is 0 Å². The second-order valence-electron chi connectivity index (χ2n) is 13.9. The molecule has 3 saturated heterocycles. The highest BCUT2D eigenvalue weighted by Gasteiger charge is 2.50. The predicted octanol–water partition coefficient (Wildman–Crippen LogP) is 3.71. The summed E-state index contributed by atoms with van der Waals surface area (Å²) in [4.78, 5) is 20.4. The van der Waals surface area contributed by atoms with Crippen LogP contribution in [0.4, 0.5) is 11.5 Å². The molecule has 3 aliphatic heterocycles. The molecule has 1 N–H and O–H groups in total. The number of sulfone groups is 1. The number of aromatic nitrogens is 2. The van der Waals surface area contributed by atoms with Crippen molar-refractivity contribution >= 4 is 38.9 Å². The lowest BCUT2D eigenvalue weighted by molar-refractivity contribution is -0.122. The molecule has 1 aliphatic carbocycles. The summed E-state index contributed by atoms with van der Waals surface area (Å²) >= 11 is 6.74. The zero-order valence-corrected chi connectivity index (χ0v) is 28.2. The Balaban J connectivity index is 1.27. The van der Waals surface area contributed by atoms with Crippen LogP contribution in [0.5, 0.6) is 0 Å². The van der Waals surface area contributed by atoms with E-state index in [2.05, 4.69) is 42.0 Å². The molecule has 244 valence electrons. The highest BCUT2D eigenvalue weighted by molar-refractivity contribution is 7.92. The molecular formula is C32H44ClN7O4S. The molecule has 4 aliphatic rings. The maximum atomic E-state index is 14.2. The van der Waals surface area contributed by atoms with Gasteiger partial charge in [0.05, 0.1) is 33.0 Å². The lowest BCUT2D eigenvalue weighted by Gasteiger charge is -2.43. The SMILES string of the molecule is Cc1cc(N2C[C@H](S(=O)(=O)c3ccc(N4CCN(C(C)(C)C)CC4)cc3Cl)C[C@H]2C(=O)NC2(C#N)CC2)n(C2CCOCC2)n1. The summed E-state index contributed by atoms with van der Waals surface area (Å²) in [5, 5.41) is 16.7. The van der Waals surface area contributed by atoms with Gasteiger partial charge in [0.1, 0.15) is 17.4 Å². The monoisotopic (exact) mass is 657 g/mol. The van der Waals surface area contributed by atoms with E-state index >= 15 is 0 Å². The van der Waals surface area contributed by atoms with E-state index in [4.69, 9.17) is 21.4 Å². The molecule has 1 amide bonds. The van der Waals surface area contributed by atoms with Crippen LogP contribution in [0.3, 0.4) is 0 Å². The third-order valence-corrected chi connectivity index (χ3v) is 12.4. The highest BCUT2D eigenvalue weighted by Crippen LogP contribution is 2.39. The molecule has 45 heavy (non-hydrogen) atoms. The minimum Gasteiger partial charge on any atom is -0.381 e. The topological polar surface area (TPSA) is 124 Å². The fourth-order valence-electron chi connectivity index (χ4n) is 6.88. The van der Waals surface area contributed by atoms with Gasteiger partial charge in [-0.25, -0.2) is 13.1 Å². The lowest BCUT2D eigenvalue weighted by atomic mass is 10.0. The summed E-state index contributed by atoms with van der Waals surface area (Å²) in [6, 6.07) is 8.67. The zero-order chi connectivity index (χ0) is 32.1. The van der Waals surface area contributed by atoms with E-state index in [9.17, 15) is 18.5 Å². The molecule has 1 aromatic heterocycles. The smallest absolute Gasteiger partial charge is 0.244 e. The minimum absolute atomic E-state index is 0.0806. The van der Waals surface area contributed by atoms with E-state index in [0.717, 1.165) is 56.2 Å². The van der Waals surface area contributed by atoms with Crippen molar-refractivity contribution in [3.8, 4) is 6.07 Å². The fourth-order valence-corrected chi connectivity index (χ4v) is 9.12. The van der Waals surface area contributed by atoms with Gasteiger partial charge in [0, 0.05) is 63.2 Å². The first-order valence-corrected chi connectivity index (χ1v) is 17.9. The van der Waals surface area contributed by atoms with Gasteiger partial charge in [-0.1, -0.05) is 11.6 Å². The molecule has 1 aromatic carbocycles. The van der Waals surface area contributed by atoms with E-state index < -0.39 is 26.7 Å². The standard InChI is InChI=1S/C32H44ClN7O4S/c1-22-17-29(40(36-22)23-7-15-44-16-8-23)39-20-25(19-27(39)30(41)35-32(21-34)9-10-32)45(42,43)28-6-5-24(18-26(28)33)37-11-13-38(14-12-37)31(2,3)4/h5-6,17-18,23,25,27H,7-16,19-20H2,1-4H3,(H,35,41)/t25-,27+/m1/s1. The van der Waals surface area contributed by atoms with Crippen LogP contribution in [0.1, 0.15) is 64.6 Å². The Hall–Kier alpha value is -2.85. The Morgan fingerprint density at radius 3 is 2.42 bits per heavy atom. The van der Waals surface area contributed by atoms with Crippen molar-refractivity contribution in [2.45, 2.75) is 93.1 Å². The molecule has 1 saturated carbocycles. The quantitative estimate of drug-likeness (QED) is 0.475. The van der Waals surface area contributed by atoms with E-state index in [-0.39, 0.29) is 40.4 Å². The molecule has 0 bridgehead atoms. The van der Waals surface area contributed by atoms with Crippen LogP contribution < -0.4 is 15.1 Å². The van der Waals surface area contributed by atoms with Crippen molar-refractivity contribution in [2.75, 3.05) is 55.7 Å². The number of carbonyl (C=O) groups is 1. The third kappa shape index (κ3) is 6.42. The van der Waals surface area contributed by atoms with Gasteiger partial charge in [-0.3, -0.25) is 9.69 Å². The molecule has 11 nitrogen and oxygen atoms in total. The Kier molecular flexibility index (Phi) is 8.61. The van der Waals surface area contributed by atoms with Gasteiger partial charge in [0.2, 0.25) is 5.91 Å². The van der Waals surface area contributed by atoms with Crippen molar-refractivity contribution < 1.29 is 17.9 Å². The van der Waals surface area contributed by atoms with Crippen molar-refractivity contribution in [2.24, 2.45) is 0 Å². The maximum Gasteiger partial charge on any atom is 0.244 e. The number of ether oxygens (including phenoxy) is 1. The fraction of sp³-hybridized carbons (Fsp3) is 0.656. The largest absolute Gasteiger partial charge is 0.381 e.